The Morgan fingerprint density at radius 1 is 1.33 bits per heavy atom. The van der Waals surface area contributed by atoms with Gasteiger partial charge in [0, 0.05) is 6.07 Å². The van der Waals surface area contributed by atoms with E-state index in [9.17, 15) is 13.2 Å². The highest BCUT2D eigenvalue weighted by molar-refractivity contribution is 6.33. The van der Waals surface area contributed by atoms with Crippen molar-refractivity contribution in [2.45, 2.75) is 6.36 Å². The van der Waals surface area contributed by atoms with Gasteiger partial charge in [-0.3, -0.25) is 0 Å². The molecule has 1 aromatic rings. The Morgan fingerprint density at radius 2 is 1.93 bits per heavy atom. The Labute approximate surface area is 92.0 Å². The molecule has 0 aliphatic rings. The molecule has 0 aromatic carbocycles. The lowest BCUT2D eigenvalue weighted by Crippen LogP contribution is -2.17. The van der Waals surface area contributed by atoms with Crippen molar-refractivity contribution in [2.75, 3.05) is 0 Å². The number of nitrogens with zero attached hydrogens (tertiary/aromatic N) is 2. The van der Waals surface area contributed by atoms with Crippen LogP contribution in [-0.2, 0) is 0 Å². The summed E-state index contributed by atoms with van der Waals surface area (Å²) in [6, 6.07) is 2.32. The maximum absolute atomic E-state index is 11.8. The molecule has 0 N–H and O–H groups in total. The molecule has 0 aliphatic heterocycles. The molecule has 1 aromatic heterocycles. The molecular weight excluding hydrogens is 256 g/mol. The normalized spacial score (nSPS) is 10.9. The van der Waals surface area contributed by atoms with Crippen LogP contribution in [0, 0.1) is 11.3 Å². The Kier molecular flexibility index (Phi) is 3.27. The number of hydrogen-bond acceptors (Lipinski definition) is 3. The second kappa shape index (κ2) is 4.13. The van der Waals surface area contributed by atoms with Gasteiger partial charge in [-0.2, -0.15) is 5.26 Å². The van der Waals surface area contributed by atoms with Crippen LogP contribution < -0.4 is 4.74 Å². The highest BCUT2D eigenvalue weighted by Gasteiger charge is 2.32. The molecule has 0 amide bonds. The van der Waals surface area contributed by atoms with Crippen molar-refractivity contribution in [3.8, 4) is 11.8 Å². The third kappa shape index (κ3) is 3.15. The summed E-state index contributed by atoms with van der Waals surface area (Å²) in [6.45, 7) is 0. The maximum Gasteiger partial charge on any atom is 0.573 e. The van der Waals surface area contributed by atoms with Gasteiger partial charge in [0.05, 0.1) is 5.56 Å². The summed E-state index contributed by atoms with van der Waals surface area (Å²) in [5.41, 5.74) is -0.250. The van der Waals surface area contributed by atoms with Crippen molar-refractivity contribution >= 4 is 23.2 Å². The summed E-state index contributed by atoms with van der Waals surface area (Å²) in [7, 11) is 0. The van der Waals surface area contributed by atoms with Gasteiger partial charge < -0.3 is 4.74 Å². The molecule has 0 saturated heterocycles. The smallest absolute Gasteiger partial charge is 0.402 e. The first-order valence-electron chi connectivity index (χ1n) is 3.35. The summed E-state index contributed by atoms with van der Waals surface area (Å²) in [5.74, 6) is -0.759. The average molecular weight is 257 g/mol. The van der Waals surface area contributed by atoms with Crippen LogP contribution in [0.2, 0.25) is 10.3 Å². The predicted molar refractivity (Wildman–Crippen MR) is 45.7 cm³/mol. The SMILES string of the molecule is N#Cc1cc(OC(F)(F)F)c(Cl)nc1Cl. The number of aromatic nitrogens is 1. The first-order valence-corrected chi connectivity index (χ1v) is 4.11. The molecule has 0 bridgehead atoms. The molecule has 0 fully saturated rings. The quantitative estimate of drug-likeness (QED) is 0.726. The van der Waals surface area contributed by atoms with E-state index in [1.165, 1.54) is 0 Å². The van der Waals surface area contributed by atoms with E-state index >= 15 is 0 Å². The molecule has 0 saturated carbocycles. The minimum atomic E-state index is -4.90. The zero-order chi connectivity index (χ0) is 11.6. The van der Waals surface area contributed by atoms with E-state index < -0.39 is 17.3 Å². The molecule has 0 radical (unpaired) electrons. The molecule has 0 unspecified atom stereocenters. The number of rotatable bonds is 1. The number of alkyl halides is 3. The summed E-state index contributed by atoms with van der Waals surface area (Å²) in [5, 5.41) is 7.64. The van der Waals surface area contributed by atoms with Crippen LogP contribution in [0.15, 0.2) is 6.07 Å². The number of pyridine rings is 1. The zero-order valence-corrected chi connectivity index (χ0v) is 8.28. The third-order valence-corrected chi connectivity index (χ3v) is 1.80. The van der Waals surface area contributed by atoms with Crippen LogP contribution in [0.4, 0.5) is 13.2 Å². The van der Waals surface area contributed by atoms with Crippen LogP contribution in [0.3, 0.4) is 0 Å². The Balaban J connectivity index is 3.15. The monoisotopic (exact) mass is 256 g/mol. The largest absolute Gasteiger partial charge is 0.573 e. The van der Waals surface area contributed by atoms with Crippen LogP contribution in [0.25, 0.3) is 0 Å². The molecule has 1 heterocycles. The number of ether oxygens (including phenoxy) is 1. The van der Waals surface area contributed by atoms with Gasteiger partial charge in [-0.25, -0.2) is 4.98 Å². The molecule has 3 nitrogen and oxygen atoms in total. The van der Waals surface area contributed by atoms with Crippen molar-refractivity contribution in [3.05, 3.63) is 21.9 Å². The molecular formula is C7HCl2F3N2O. The fourth-order valence-electron chi connectivity index (χ4n) is 0.726. The van der Waals surface area contributed by atoms with Crippen molar-refractivity contribution in [1.29, 1.82) is 5.26 Å². The van der Waals surface area contributed by atoms with Gasteiger partial charge >= 0.3 is 6.36 Å². The summed E-state index contributed by atoms with van der Waals surface area (Å²) in [4.78, 5) is 3.31. The van der Waals surface area contributed by atoms with E-state index in [-0.39, 0.29) is 10.7 Å². The first-order chi connectivity index (χ1) is 6.83. The van der Waals surface area contributed by atoms with Gasteiger partial charge in [0.25, 0.3) is 0 Å². The van der Waals surface area contributed by atoms with Gasteiger partial charge in [0.1, 0.15) is 11.2 Å². The third-order valence-electron chi connectivity index (χ3n) is 1.24. The highest BCUT2D eigenvalue weighted by atomic mass is 35.5. The predicted octanol–water partition coefficient (Wildman–Crippen LogP) is 3.16. The van der Waals surface area contributed by atoms with Crippen molar-refractivity contribution in [1.82, 2.24) is 4.98 Å². The van der Waals surface area contributed by atoms with Gasteiger partial charge in [-0.05, 0) is 0 Å². The molecule has 8 heteroatoms. The van der Waals surface area contributed by atoms with Crippen molar-refractivity contribution < 1.29 is 17.9 Å². The summed E-state index contributed by atoms with van der Waals surface area (Å²) < 4.78 is 39.0. The molecule has 15 heavy (non-hydrogen) atoms. The van der Waals surface area contributed by atoms with Gasteiger partial charge in [-0.15, -0.1) is 13.2 Å². The van der Waals surface area contributed by atoms with Crippen LogP contribution in [0.1, 0.15) is 5.56 Å². The fourth-order valence-corrected chi connectivity index (χ4v) is 1.13. The van der Waals surface area contributed by atoms with E-state index in [2.05, 4.69) is 9.72 Å². The van der Waals surface area contributed by atoms with Crippen molar-refractivity contribution in [2.24, 2.45) is 0 Å². The van der Waals surface area contributed by atoms with Crippen molar-refractivity contribution in [3.63, 3.8) is 0 Å². The standard InChI is InChI=1S/C7HCl2F3N2O/c8-5-3(2-13)1-4(6(9)14-5)15-7(10,11)12/h1H. The summed E-state index contributed by atoms with van der Waals surface area (Å²) >= 11 is 10.8. The van der Waals surface area contributed by atoms with Gasteiger partial charge in [-0.1, -0.05) is 23.2 Å². The first kappa shape index (κ1) is 11.9. The number of nitriles is 1. The lowest BCUT2D eigenvalue weighted by Gasteiger charge is -2.10. The average Bonchev–Trinajstić information content (AvgIpc) is 2.07. The number of hydrogen-bond donors (Lipinski definition) is 0. The zero-order valence-electron chi connectivity index (χ0n) is 6.77. The minimum Gasteiger partial charge on any atom is -0.402 e. The Morgan fingerprint density at radius 3 is 2.40 bits per heavy atom. The van der Waals surface area contributed by atoms with Crippen LogP contribution in [-0.4, -0.2) is 11.3 Å². The Bertz CT molecular complexity index is 427. The topological polar surface area (TPSA) is 45.9 Å². The van der Waals surface area contributed by atoms with Gasteiger partial charge in [0.15, 0.2) is 10.9 Å². The second-order valence-electron chi connectivity index (χ2n) is 2.28. The van der Waals surface area contributed by atoms with Gasteiger partial charge in [0.2, 0.25) is 0 Å². The Hall–Kier alpha value is -1.19. The lowest BCUT2D eigenvalue weighted by molar-refractivity contribution is -0.274. The van der Waals surface area contributed by atoms with E-state index in [0.29, 0.717) is 0 Å². The van der Waals surface area contributed by atoms with E-state index in [4.69, 9.17) is 28.5 Å². The molecule has 0 spiro atoms. The fraction of sp³-hybridized carbons (Fsp3) is 0.143. The number of halogens is 5. The second-order valence-corrected chi connectivity index (χ2v) is 2.99. The molecule has 80 valence electrons. The maximum atomic E-state index is 11.8. The van der Waals surface area contributed by atoms with Crippen LogP contribution >= 0.6 is 23.2 Å². The molecule has 0 atom stereocenters. The highest BCUT2D eigenvalue weighted by Crippen LogP contribution is 2.31. The van der Waals surface area contributed by atoms with E-state index in [1.54, 1.807) is 6.07 Å². The van der Waals surface area contributed by atoms with Crippen LogP contribution in [0.5, 0.6) is 5.75 Å². The molecule has 0 aliphatic carbocycles. The lowest BCUT2D eigenvalue weighted by atomic mass is 10.3. The van der Waals surface area contributed by atoms with E-state index in [1.807, 2.05) is 0 Å². The molecule has 1 rings (SSSR count). The summed E-state index contributed by atoms with van der Waals surface area (Å²) in [6.07, 6.45) is -4.90. The minimum absolute atomic E-state index is 0.250. The van der Waals surface area contributed by atoms with E-state index in [0.717, 1.165) is 6.07 Å².